The van der Waals surface area contributed by atoms with Crippen molar-refractivity contribution in [2.75, 3.05) is 12.4 Å². The number of aromatic nitrogens is 2. The lowest BCUT2D eigenvalue weighted by Gasteiger charge is -2.12. The van der Waals surface area contributed by atoms with E-state index in [-0.39, 0.29) is 11.2 Å². The summed E-state index contributed by atoms with van der Waals surface area (Å²) in [6.45, 7) is 1.98. The van der Waals surface area contributed by atoms with Crippen LogP contribution in [0.15, 0.2) is 24.5 Å². The van der Waals surface area contributed by atoms with Gasteiger partial charge in [0.1, 0.15) is 0 Å². The van der Waals surface area contributed by atoms with E-state index in [1.807, 2.05) is 19.1 Å². The molecule has 0 aliphatic heterocycles. The second-order valence-electron chi connectivity index (χ2n) is 3.78. The SMILES string of the molecule is COC(=O)c1sc(NC(C)c2cccnc2)nc1Cl. The van der Waals surface area contributed by atoms with Crippen molar-refractivity contribution in [3.63, 3.8) is 0 Å². The van der Waals surface area contributed by atoms with Crippen LogP contribution in [0.25, 0.3) is 0 Å². The summed E-state index contributed by atoms with van der Waals surface area (Å²) < 4.78 is 4.63. The van der Waals surface area contributed by atoms with E-state index in [1.165, 1.54) is 18.4 Å². The predicted octanol–water partition coefficient (Wildman–Crippen LogP) is 3.15. The maximum atomic E-state index is 11.4. The Bertz CT molecular complexity index is 574. The minimum Gasteiger partial charge on any atom is -0.465 e. The first-order valence-corrected chi connectivity index (χ1v) is 6.72. The Hall–Kier alpha value is -1.66. The summed E-state index contributed by atoms with van der Waals surface area (Å²) in [5, 5.41) is 3.90. The molecule has 0 saturated heterocycles. The number of carbonyl (C=O) groups is 1. The van der Waals surface area contributed by atoms with Gasteiger partial charge in [0.2, 0.25) is 0 Å². The molecule has 0 fully saturated rings. The zero-order valence-electron chi connectivity index (χ0n) is 10.4. The number of pyridine rings is 1. The molecule has 7 heteroatoms. The molecule has 0 bridgehead atoms. The van der Waals surface area contributed by atoms with E-state index in [2.05, 4.69) is 20.0 Å². The van der Waals surface area contributed by atoms with Crippen molar-refractivity contribution in [2.45, 2.75) is 13.0 Å². The summed E-state index contributed by atoms with van der Waals surface area (Å²) in [6.07, 6.45) is 3.49. The number of nitrogens with zero attached hydrogens (tertiary/aromatic N) is 2. The van der Waals surface area contributed by atoms with Gasteiger partial charge in [-0.3, -0.25) is 4.98 Å². The molecule has 0 amide bonds. The number of halogens is 1. The van der Waals surface area contributed by atoms with Gasteiger partial charge in [-0.15, -0.1) is 0 Å². The lowest BCUT2D eigenvalue weighted by molar-refractivity contribution is 0.0606. The molecule has 0 aliphatic rings. The normalized spacial score (nSPS) is 11.9. The number of hydrogen-bond donors (Lipinski definition) is 1. The van der Waals surface area contributed by atoms with Crippen LogP contribution in [0.5, 0.6) is 0 Å². The average Bonchev–Trinajstić information content (AvgIpc) is 2.79. The van der Waals surface area contributed by atoms with E-state index in [0.717, 1.165) is 5.56 Å². The Balaban J connectivity index is 2.14. The van der Waals surface area contributed by atoms with Crippen molar-refractivity contribution in [3.05, 3.63) is 40.1 Å². The molecule has 0 radical (unpaired) electrons. The lowest BCUT2D eigenvalue weighted by atomic mass is 10.1. The maximum absolute atomic E-state index is 11.4. The summed E-state index contributed by atoms with van der Waals surface area (Å²) >= 11 is 7.06. The van der Waals surface area contributed by atoms with Gasteiger partial charge in [0.25, 0.3) is 0 Å². The van der Waals surface area contributed by atoms with Crippen LogP contribution in [-0.2, 0) is 4.74 Å². The highest BCUT2D eigenvalue weighted by atomic mass is 35.5. The van der Waals surface area contributed by atoms with E-state index < -0.39 is 5.97 Å². The number of anilines is 1. The predicted molar refractivity (Wildman–Crippen MR) is 74.7 cm³/mol. The average molecular weight is 298 g/mol. The number of thiazole rings is 1. The Morgan fingerprint density at radius 2 is 2.37 bits per heavy atom. The van der Waals surface area contributed by atoms with Crippen molar-refractivity contribution in [2.24, 2.45) is 0 Å². The number of ether oxygens (including phenoxy) is 1. The number of rotatable bonds is 4. The first kappa shape index (κ1) is 13.8. The summed E-state index contributed by atoms with van der Waals surface area (Å²) in [5.41, 5.74) is 1.02. The second kappa shape index (κ2) is 5.99. The molecule has 1 N–H and O–H groups in total. The highest BCUT2D eigenvalue weighted by molar-refractivity contribution is 7.18. The molecule has 2 aromatic rings. The third-order valence-electron chi connectivity index (χ3n) is 2.48. The quantitative estimate of drug-likeness (QED) is 0.878. The number of nitrogens with one attached hydrogen (secondary N) is 1. The van der Waals surface area contributed by atoms with E-state index in [9.17, 15) is 4.79 Å². The molecular formula is C12H12ClN3O2S. The Morgan fingerprint density at radius 3 is 3.00 bits per heavy atom. The molecule has 0 spiro atoms. The summed E-state index contributed by atoms with van der Waals surface area (Å²) in [4.78, 5) is 19.9. The molecule has 0 saturated carbocycles. The lowest BCUT2D eigenvalue weighted by Crippen LogP contribution is -2.06. The van der Waals surface area contributed by atoms with Gasteiger partial charge in [-0.25, -0.2) is 9.78 Å². The fourth-order valence-electron chi connectivity index (χ4n) is 1.48. The van der Waals surface area contributed by atoms with Crippen LogP contribution >= 0.6 is 22.9 Å². The van der Waals surface area contributed by atoms with E-state index >= 15 is 0 Å². The van der Waals surface area contributed by atoms with E-state index in [0.29, 0.717) is 10.0 Å². The first-order chi connectivity index (χ1) is 9.11. The molecule has 19 heavy (non-hydrogen) atoms. The molecular weight excluding hydrogens is 286 g/mol. The highest BCUT2D eigenvalue weighted by Gasteiger charge is 2.18. The Kier molecular flexibility index (Phi) is 4.34. The zero-order valence-corrected chi connectivity index (χ0v) is 12.0. The van der Waals surface area contributed by atoms with Gasteiger partial charge in [0.15, 0.2) is 15.2 Å². The van der Waals surface area contributed by atoms with Crippen LogP contribution in [0.4, 0.5) is 5.13 Å². The van der Waals surface area contributed by atoms with E-state index in [4.69, 9.17) is 11.6 Å². The van der Waals surface area contributed by atoms with Gasteiger partial charge < -0.3 is 10.1 Å². The summed E-state index contributed by atoms with van der Waals surface area (Å²) in [5.74, 6) is -0.482. The van der Waals surface area contributed by atoms with Gasteiger partial charge in [-0.1, -0.05) is 29.0 Å². The van der Waals surface area contributed by atoms with Crippen LogP contribution in [0.1, 0.15) is 28.2 Å². The number of carbonyl (C=O) groups excluding carboxylic acids is 1. The fraction of sp³-hybridized carbons (Fsp3) is 0.250. The molecule has 100 valence electrons. The van der Waals surface area contributed by atoms with Gasteiger partial charge in [0, 0.05) is 12.4 Å². The van der Waals surface area contributed by atoms with Gasteiger partial charge in [-0.05, 0) is 18.6 Å². The van der Waals surface area contributed by atoms with Crippen molar-refractivity contribution in [1.82, 2.24) is 9.97 Å². The van der Waals surface area contributed by atoms with Crippen molar-refractivity contribution in [3.8, 4) is 0 Å². The first-order valence-electron chi connectivity index (χ1n) is 5.53. The van der Waals surface area contributed by atoms with Gasteiger partial charge in [0.05, 0.1) is 13.2 Å². The van der Waals surface area contributed by atoms with Gasteiger partial charge >= 0.3 is 5.97 Å². The van der Waals surface area contributed by atoms with Crippen molar-refractivity contribution in [1.29, 1.82) is 0 Å². The number of methoxy groups -OCH3 is 1. The van der Waals surface area contributed by atoms with Crippen LogP contribution in [0, 0.1) is 0 Å². The smallest absolute Gasteiger partial charge is 0.351 e. The van der Waals surface area contributed by atoms with Crippen LogP contribution in [0.3, 0.4) is 0 Å². The van der Waals surface area contributed by atoms with Crippen LogP contribution in [0.2, 0.25) is 5.15 Å². The molecule has 2 aromatic heterocycles. The number of hydrogen-bond acceptors (Lipinski definition) is 6. The molecule has 5 nitrogen and oxygen atoms in total. The molecule has 0 aromatic carbocycles. The summed E-state index contributed by atoms with van der Waals surface area (Å²) in [7, 11) is 1.31. The monoisotopic (exact) mass is 297 g/mol. The maximum Gasteiger partial charge on any atom is 0.351 e. The number of esters is 1. The standard InChI is InChI=1S/C12H12ClN3O2S/c1-7(8-4-3-5-14-6-8)15-12-16-10(13)9(19-12)11(17)18-2/h3-7H,1-2H3,(H,15,16). The van der Waals surface area contributed by atoms with Crippen LogP contribution in [-0.4, -0.2) is 23.0 Å². The molecule has 2 rings (SSSR count). The highest BCUT2D eigenvalue weighted by Crippen LogP contribution is 2.29. The van der Waals surface area contributed by atoms with E-state index in [1.54, 1.807) is 12.4 Å². The van der Waals surface area contributed by atoms with Crippen molar-refractivity contribution < 1.29 is 9.53 Å². The third kappa shape index (κ3) is 3.21. The minimum atomic E-state index is -0.482. The van der Waals surface area contributed by atoms with Crippen LogP contribution < -0.4 is 5.32 Å². The Labute approximate surface area is 119 Å². The Morgan fingerprint density at radius 1 is 1.58 bits per heavy atom. The summed E-state index contributed by atoms with van der Waals surface area (Å²) in [6, 6.07) is 3.84. The topological polar surface area (TPSA) is 64.1 Å². The third-order valence-corrected chi connectivity index (χ3v) is 3.83. The largest absolute Gasteiger partial charge is 0.465 e. The minimum absolute atomic E-state index is 0.0152. The molecule has 1 unspecified atom stereocenters. The van der Waals surface area contributed by atoms with Crippen molar-refractivity contribution >= 4 is 34.0 Å². The molecule has 0 aliphatic carbocycles. The molecule has 1 atom stereocenters. The second-order valence-corrected chi connectivity index (χ2v) is 5.14. The van der Waals surface area contributed by atoms with Gasteiger partial charge in [-0.2, -0.15) is 0 Å². The molecule has 2 heterocycles. The zero-order chi connectivity index (χ0) is 13.8. The fourth-order valence-corrected chi connectivity index (χ4v) is 2.67.